The summed E-state index contributed by atoms with van der Waals surface area (Å²) in [4.78, 5) is 17.3. The number of rotatable bonds is 8. The van der Waals surface area contributed by atoms with Gasteiger partial charge in [-0.3, -0.25) is 9.79 Å². The van der Waals surface area contributed by atoms with Crippen LogP contribution in [0.4, 0.5) is 14.5 Å². The van der Waals surface area contributed by atoms with Crippen LogP contribution in [0.5, 0.6) is 0 Å². The van der Waals surface area contributed by atoms with Crippen molar-refractivity contribution in [1.29, 1.82) is 0 Å². The number of aliphatic imine (C=N–C) groups is 1. The normalized spacial score (nSPS) is 17.1. The second-order valence-corrected chi connectivity index (χ2v) is 6.44. The van der Waals surface area contributed by atoms with Crippen LogP contribution in [0.3, 0.4) is 0 Å². The van der Waals surface area contributed by atoms with E-state index in [4.69, 9.17) is 0 Å². The van der Waals surface area contributed by atoms with Crippen molar-refractivity contribution >= 4 is 17.6 Å². The Morgan fingerprint density at radius 1 is 1.33 bits per heavy atom. The maximum Gasteiger partial charge on any atom is 0.305 e. The first-order valence-corrected chi connectivity index (χ1v) is 9.35. The van der Waals surface area contributed by atoms with E-state index in [1.54, 1.807) is 4.90 Å². The Hall–Kier alpha value is -2.38. The third kappa shape index (κ3) is 6.37. The zero-order valence-corrected chi connectivity index (χ0v) is 15.9. The molecule has 0 aromatic heterocycles. The number of ether oxygens (including phenoxy) is 1. The number of methoxy groups -OCH3 is 1. The summed E-state index contributed by atoms with van der Waals surface area (Å²) >= 11 is 0. The highest BCUT2D eigenvalue weighted by molar-refractivity contribution is 5.80. The van der Waals surface area contributed by atoms with Crippen molar-refractivity contribution in [2.24, 2.45) is 4.99 Å². The number of para-hydroxylation sites is 1. The van der Waals surface area contributed by atoms with Crippen molar-refractivity contribution in [2.75, 3.05) is 38.2 Å². The number of nitrogens with zero attached hydrogens (tertiary/aromatic N) is 2. The molecule has 0 radical (unpaired) electrons. The van der Waals surface area contributed by atoms with Gasteiger partial charge in [0, 0.05) is 38.6 Å². The summed E-state index contributed by atoms with van der Waals surface area (Å²) in [6, 6.07) is 3.98. The van der Waals surface area contributed by atoms with Crippen molar-refractivity contribution in [2.45, 2.75) is 38.6 Å². The van der Waals surface area contributed by atoms with Crippen LogP contribution < -0.4 is 15.5 Å². The molecule has 0 aliphatic carbocycles. The van der Waals surface area contributed by atoms with Gasteiger partial charge in [-0.25, -0.2) is 8.78 Å². The van der Waals surface area contributed by atoms with Crippen LogP contribution >= 0.6 is 0 Å². The van der Waals surface area contributed by atoms with Gasteiger partial charge in [-0.15, -0.1) is 0 Å². The standard InChI is InChI=1S/C19H28F2N4O2/c1-3-22-19(23-11-5-4-9-17(26)27-2)24-14-10-12-25(13-14)18-15(20)7-6-8-16(18)21/h6-8,14H,3-5,9-13H2,1-2H3,(H2,22,23,24). The molecule has 1 aliphatic rings. The van der Waals surface area contributed by atoms with Gasteiger partial charge in [-0.2, -0.15) is 0 Å². The first kappa shape index (κ1) is 20.9. The number of unbranched alkanes of at least 4 members (excludes halogenated alkanes) is 1. The number of hydrogen-bond donors (Lipinski definition) is 2. The first-order valence-electron chi connectivity index (χ1n) is 9.35. The van der Waals surface area contributed by atoms with Crippen LogP contribution in [-0.4, -0.2) is 51.3 Å². The summed E-state index contributed by atoms with van der Waals surface area (Å²) in [5.41, 5.74) is 0.0338. The molecular weight excluding hydrogens is 354 g/mol. The molecule has 0 bridgehead atoms. The zero-order valence-electron chi connectivity index (χ0n) is 15.9. The van der Waals surface area contributed by atoms with Crippen molar-refractivity contribution in [1.82, 2.24) is 10.6 Å². The third-order valence-electron chi connectivity index (χ3n) is 4.41. The quantitative estimate of drug-likeness (QED) is 0.313. The molecule has 0 spiro atoms. The first-order chi connectivity index (χ1) is 13.0. The molecular formula is C19H28F2N4O2. The molecule has 8 heteroatoms. The molecule has 1 unspecified atom stereocenters. The van der Waals surface area contributed by atoms with Gasteiger partial charge >= 0.3 is 5.97 Å². The van der Waals surface area contributed by atoms with Gasteiger partial charge in [0.2, 0.25) is 0 Å². The van der Waals surface area contributed by atoms with E-state index in [2.05, 4.69) is 20.4 Å². The minimum atomic E-state index is -0.540. The van der Waals surface area contributed by atoms with E-state index in [1.807, 2.05) is 6.92 Å². The number of halogens is 2. The van der Waals surface area contributed by atoms with Crippen molar-refractivity contribution in [3.8, 4) is 0 Å². The van der Waals surface area contributed by atoms with Crippen molar-refractivity contribution < 1.29 is 18.3 Å². The molecule has 1 heterocycles. The van der Waals surface area contributed by atoms with Crippen LogP contribution in [0.2, 0.25) is 0 Å². The number of nitrogens with one attached hydrogen (secondary N) is 2. The van der Waals surface area contributed by atoms with Gasteiger partial charge in [-0.05, 0) is 38.3 Å². The second kappa shape index (κ2) is 10.7. The lowest BCUT2D eigenvalue weighted by Gasteiger charge is -2.21. The monoisotopic (exact) mass is 382 g/mol. The Labute approximate surface area is 159 Å². The number of carbonyl (C=O) groups excluding carboxylic acids is 1. The predicted octanol–water partition coefficient (Wildman–Crippen LogP) is 2.44. The number of guanidine groups is 1. The molecule has 1 saturated heterocycles. The maximum atomic E-state index is 14.0. The highest BCUT2D eigenvalue weighted by Gasteiger charge is 2.27. The molecule has 2 rings (SSSR count). The van der Waals surface area contributed by atoms with Gasteiger partial charge in [0.1, 0.15) is 17.3 Å². The average molecular weight is 382 g/mol. The predicted molar refractivity (Wildman–Crippen MR) is 102 cm³/mol. The number of esters is 1. The summed E-state index contributed by atoms with van der Waals surface area (Å²) in [7, 11) is 1.38. The van der Waals surface area contributed by atoms with Crippen LogP contribution in [0.25, 0.3) is 0 Å². The van der Waals surface area contributed by atoms with Crippen LogP contribution in [0, 0.1) is 11.6 Å². The second-order valence-electron chi connectivity index (χ2n) is 6.44. The van der Waals surface area contributed by atoms with Gasteiger partial charge in [0.05, 0.1) is 7.11 Å². The third-order valence-corrected chi connectivity index (χ3v) is 4.41. The number of benzene rings is 1. The maximum absolute atomic E-state index is 14.0. The Balaban J connectivity index is 1.86. The van der Waals surface area contributed by atoms with E-state index in [-0.39, 0.29) is 17.7 Å². The number of anilines is 1. The summed E-state index contributed by atoms with van der Waals surface area (Å²) in [6.45, 7) is 4.36. The molecule has 0 amide bonds. The van der Waals surface area contributed by atoms with E-state index in [0.29, 0.717) is 38.6 Å². The Kier molecular flexibility index (Phi) is 8.29. The lowest BCUT2D eigenvalue weighted by molar-refractivity contribution is -0.140. The molecule has 1 aromatic rings. The molecule has 0 saturated carbocycles. The largest absolute Gasteiger partial charge is 0.469 e. The highest BCUT2D eigenvalue weighted by Crippen LogP contribution is 2.26. The smallest absolute Gasteiger partial charge is 0.305 e. The van der Waals surface area contributed by atoms with Crippen LogP contribution in [0.1, 0.15) is 32.6 Å². The van der Waals surface area contributed by atoms with E-state index in [9.17, 15) is 13.6 Å². The summed E-state index contributed by atoms with van der Waals surface area (Å²) < 4.78 is 32.5. The van der Waals surface area contributed by atoms with Gasteiger partial charge < -0.3 is 20.3 Å². The zero-order chi connectivity index (χ0) is 19.6. The lowest BCUT2D eigenvalue weighted by atomic mass is 10.2. The molecule has 27 heavy (non-hydrogen) atoms. The van der Waals surface area contributed by atoms with E-state index >= 15 is 0 Å². The molecule has 1 aromatic carbocycles. The topological polar surface area (TPSA) is 66.0 Å². The van der Waals surface area contributed by atoms with E-state index in [0.717, 1.165) is 19.3 Å². The highest BCUT2D eigenvalue weighted by atomic mass is 19.1. The molecule has 1 fully saturated rings. The fraction of sp³-hybridized carbons (Fsp3) is 0.579. The van der Waals surface area contributed by atoms with Crippen molar-refractivity contribution in [3.63, 3.8) is 0 Å². The number of hydrogen-bond acceptors (Lipinski definition) is 4. The molecule has 150 valence electrons. The number of carbonyl (C=O) groups is 1. The van der Waals surface area contributed by atoms with Crippen LogP contribution in [0.15, 0.2) is 23.2 Å². The summed E-state index contributed by atoms with van der Waals surface area (Å²) in [6.07, 6.45) is 2.66. The van der Waals surface area contributed by atoms with Gasteiger partial charge in [0.25, 0.3) is 0 Å². The van der Waals surface area contributed by atoms with E-state index in [1.165, 1.54) is 25.3 Å². The lowest BCUT2D eigenvalue weighted by Crippen LogP contribution is -2.44. The molecule has 2 N–H and O–H groups in total. The minimum absolute atomic E-state index is 0.0338. The van der Waals surface area contributed by atoms with Gasteiger partial charge in [0.15, 0.2) is 5.96 Å². The summed E-state index contributed by atoms with van der Waals surface area (Å²) in [5, 5.41) is 6.51. The molecule has 1 atom stereocenters. The van der Waals surface area contributed by atoms with E-state index < -0.39 is 11.6 Å². The molecule has 6 nitrogen and oxygen atoms in total. The average Bonchev–Trinajstić information content (AvgIpc) is 3.09. The van der Waals surface area contributed by atoms with Crippen molar-refractivity contribution in [3.05, 3.63) is 29.8 Å². The Morgan fingerprint density at radius 3 is 2.74 bits per heavy atom. The van der Waals surface area contributed by atoms with Gasteiger partial charge in [-0.1, -0.05) is 6.07 Å². The fourth-order valence-corrected chi connectivity index (χ4v) is 3.06. The van der Waals surface area contributed by atoms with Crippen LogP contribution in [-0.2, 0) is 9.53 Å². The Bertz CT molecular complexity index is 634. The minimum Gasteiger partial charge on any atom is -0.469 e. The SMILES string of the molecule is CCNC(=NCCCCC(=O)OC)NC1CCN(c2c(F)cccc2F)C1. The fourth-order valence-electron chi connectivity index (χ4n) is 3.06. The summed E-state index contributed by atoms with van der Waals surface area (Å²) in [5.74, 6) is -0.615. The Morgan fingerprint density at radius 2 is 2.07 bits per heavy atom. The molecule has 1 aliphatic heterocycles.